The lowest BCUT2D eigenvalue weighted by atomic mass is 10.1. The van der Waals surface area contributed by atoms with Crippen LogP contribution in [0.5, 0.6) is 0 Å². The summed E-state index contributed by atoms with van der Waals surface area (Å²) in [5.41, 5.74) is 0.00171. The minimum atomic E-state index is 0.00171. The Bertz CT molecular complexity index is 161. The highest BCUT2D eigenvalue weighted by atomic mass is 32.2. The Morgan fingerprint density at radius 3 is 2.77 bits per heavy atom. The molecule has 2 nitrogen and oxygen atoms in total. The number of rotatable bonds is 3. The van der Waals surface area contributed by atoms with Crippen LogP contribution in [0.1, 0.15) is 33.6 Å². The summed E-state index contributed by atoms with van der Waals surface area (Å²) in [6, 6.07) is 0. The van der Waals surface area contributed by atoms with Crippen LogP contribution >= 0.6 is 11.8 Å². The molecule has 1 saturated heterocycles. The highest BCUT2D eigenvalue weighted by molar-refractivity contribution is 8.00. The van der Waals surface area contributed by atoms with E-state index in [1.165, 1.54) is 6.42 Å². The fraction of sp³-hybridized carbons (Fsp3) is 1.00. The van der Waals surface area contributed by atoms with E-state index >= 15 is 0 Å². The molecule has 1 rings (SSSR count). The Labute approximate surface area is 85.8 Å². The van der Waals surface area contributed by atoms with E-state index in [-0.39, 0.29) is 5.60 Å². The molecule has 0 aromatic heterocycles. The molecule has 78 valence electrons. The minimum Gasteiger partial charge on any atom is -0.379 e. The average molecular weight is 203 g/mol. The molecule has 0 aromatic rings. The lowest BCUT2D eigenvalue weighted by molar-refractivity contribution is 0.0133. The van der Waals surface area contributed by atoms with E-state index in [1.807, 2.05) is 11.8 Å². The predicted octanol–water partition coefficient (Wildman–Crippen LogP) is 2.24. The van der Waals surface area contributed by atoms with Gasteiger partial charge in [0, 0.05) is 18.8 Å². The highest BCUT2D eigenvalue weighted by Gasteiger charge is 2.26. The molecule has 1 N–H and O–H groups in total. The second kappa shape index (κ2) is 4.67. The Morgan fingerprint density at radius 2 is 2.23 bits per heavy atom. The van der Waals surface area contributed by atoms with Gasteiger partial charge in [0.05, 0.1) is 11.0 Å². The molecule has 1 aliphatic heterocycles. The molecular formula is C10H21NOS. The molecule has 1 fully saturated rings. The van der Waals surface area contributed by atoms with Crippen LogP contribution in [0.4, 0.5) is 0 Å². The van der Waals surface area contributed by atoms with Crippen molar-refractivity contribution in [3.63, 3.8) is 0 Å². The molecule has 2 unspecified atom stereocenters. The molecule has 0 amide bonds. The van der Waals surface area contributed by atoms with Gasteiger partial charge in [-0.2, -0.15) is 0 Å². The Kier molecular flexibility index (Phi) is 4.07. The van der Waals surface area contributed by atoms with Gasteiger partial charge in [-0.25, -0.2) is 0 Å². The molecule has 0 radical (unpaired) electrons. The van der Waals surface area contributed by atoms with Crippen LogP contribution in [0.3, 0.4) is 0 Å². The monoisotopic (exact) mass is 203 g/mol. The van der Waals surface area contributed by atoms with Crippen LogP contribution in [-0.2, 0) is 4.74 Å². The first-order chi connectivity index (χ1) is 6.03. The standard InChI is InChI=1S/C10H21NOS/c1-8-5-6-11-9(13-8)7-10(2,3)12-4/h8-9,11H,5-7H2,1-4H3. The van der Waals surface area contributed by atoms with Crippen LogP contribution in [0.25, 0.3) is 0 Å². The fourth-order valence-electron chi connectivity index (χ4n) is 1.49. The molecule has 1 aliphatic rings. The van der Waals surface area contributed by atoms with Gasteiger partial charge in [-0.15, -0.1) is 11.8 Å². The van der Waals surface area contributed by atoms with E-state index in [2.05, 4.69) is 26.1 Å². The smallest absolute Gasteiger partial charge is 0.0645 e. The normalized spacial score (nSPS) is 30.5. The van der Waals surface area contributed by atoms with E-state index < -0.39 is 0 Å². The second-order valence-corrected chi connectivity index (χ2v) is 5.99. The molecule has 0 spiro atoms. The van der Waals surface area contributed by atoms with E-state index in [0.717, 1.165) is 18.2 Å². The largest absolute Gasteiger partial charge is 0.379 e. The van der Waals surface area contributed by atoms with Crippen molar-refractivity contribution >= 4 is 11.8 Å². The summed E-state index contributed by atoms with van der Waals surface area (Å²) < 4.78 is 5.42. The molecule has 2 atom stereocenters. The van der Waals surface area contributed by atoms with Gasteiger partial charge in [0.2, 0.25) is 0 Å². The summed E-state index contributed by atoms with van der Waals surface area (Å²) in [5, 5.41) is 4.88. The van der Waals surface area contributed by atoms with Crippen molar-refractivity contribution in [3.05, 3.63) is 0 Å². The third-order valence-electron chi connectivity index (χ3n) is 2.55. The Morgan fingerprint density at radius 1 is 1.54 bits per heavy atom. The topological polar surface area (TPSA) is 21.3 Å². The molecule has 0 bridgehead atoms. The fourth-order valence-corrected chi connectivity index (χ4v) is 3.02. The van der Waals surface area contributed by atoms with Crippen molar-refractivity contribution in [1.82, 2.24) is 5.32 Å². The lowest BCUT2D eigenvalue weighted by Crippen LogP contribution is -2.40. The van der Waals surface area contributed by atoms with Crippen molar-refractivity contribution in [2.45, 2.75) is 49.8 Å². The summed E-state index contributed by atoms with van der Waals surface area (Å²) in [6.45, 7) is 7.75. The molecule has 3 heteroatoms. The van der Waals surface area contributed by atoms with Gasteiger partial charge in [0.15, 0.2) is 0 Å². The molecular weight excluding hydrogens is 182 g/mol. The number of ether oxygens (including phenoxy) is 1. The zero-order valence-corrected chi connectivity index (χ0v) is 9.91. The first kappa shape index (κ1) is 11.3. The van der Waals surface area contributed by atoms with Crippen molar-refractivity contribution in [3.8, 4) is 0 Å². The lowest BCUT2D eigenvalue weighted by Gasteiger charge is -2.33. The third-order valence-corrected chi connectivity index (χ3v) is 3.91. The van der Waals surface area contributed by atoms with Crippen LogP contribution in [-0.4, -0.2) is 29.9 Å². The van der Waals surface area contributed by atoms with Crippen molar-refractivity contribution in [2.75, 3.05) is 13.7 Å². The van der Waals surface area contributed by atoms with Crippen molar-refractivity contribution < 1.29 is 4.74 Å². The molecule has 1 heterocycles. The van der Waals surface area contributed by atoms with E-state index in [0.29, 0.717) is 5.37 Å². The minimum absolute atomic E-state index is 0.00171. The van der Waals surface area contributed by atoms with E-state index in [9.17, 15) is 0 Å². The summed E-state index contributed by atoms with van der Waals surface area (Å²) in [7, 11) is 1.79. The molecule has 0 aromatic carbocycles. The van der Waals surface area contributed by atoms with Crippen LogP contribution in [0.2, 0.25) is 0 Å². The zero-order chi connectivity index (χ0) is 9.90. The van der Waals surface area contributed by atoms with Crippen LogP contribution in [0, 0.1) is 0 Å². The van der Waals surface area contributed by atoms with E-state index in [4.69, 9.17) is 4.74 Å². The summed E-state index contributed by atoms with van der Waals surface area (Å²) in [6.07, 6.45) is 2.37. The van der Waals surface area contributed by atoms with Crippen LogP contribution in [0.15, 0.2) is 0 Å². The number of methoxy groups -OCH3 is 1. The van der Waals surface area contributed by atoms with Gasteiger partial charge in [-0.1, -0.05) is 6.92 Å². The van der Waals surface area contributed by atoms with Gasteiger partial charge < -0.3 is 10.1 Å². The van der Waals surface area contributed by atoms with E-state index in [1.54, 1.807) is 7.11 Å². The zero-order valence-electron chi connectivity index (χ0n) is 9.09. The molecule has 13 heavy (non-hydrogen) atoms. The van der Waals surface area contributed by atoms with Gasteiger partial charge in [0.25, 0.3) is 0 Å². The Balaban J connectivity index is 2.35. The quantitative estimate of drug-likeness (QED) is 0.760. The van der Waals surface area contributed by atoms with Crippen LogP contribution < -0.4 is 5.32 Å². The van der Waals surface area contributed by atoms with Crippen molar-refractivity contribution in [1.29, 1.82) is 0 Å². The number of hydrogen-bond donors (Lipinski definition) is 1. The van der Waals surface area contributed by atoms with Gasteiger partial charge in [0.1, 0.15) is 0 Å². The Hall–Kier alpha value is 0.270. The number of hydrogen-bond acceptors (Lipinski definition) is 3. The molecule has 0 aliphatic carbocycles. The predicted molar refractivity (Wildman–Crippen MR) is 59.2 cm³/mol. The highest BCUT2D eigenvalue weighted by Crippen LogP contribution is 2.29. The second-order valence-electron chi connectivity index (χ2n) is 4.35. The maximum absolute atomic E-state index is 5.42. The summed E-state index contributed by atoms with van der Waals surface area (Å²) in [4.78, 5) is 0. The first-order valence-corrected chi connectivity index (χ1v) is 5.92. The summed E-state index contributed by atoms with van der Waals surface area (Å²) in [5.74, 6) is 0. The average Bonchev–Trinajstić information content (AvgIpc) is 2.03. The number of nitrogens with one attached hydrogen (secondary N) is 1. The van der Waals surface area contributed by atoms with Gasteiger partial charge in [-0.05, 0) is 26.8 Å². The van der Waals surface area contributed by atoms with Gasteiger partial charge >= 0.3 is 0 Å². The SMILES string of the molecule is COC(C)(C)CC1NCCC(C)S1. The molecule has 0 saturated carbocycles. The summed E-state index contributed by atoms with van der Waals surface area (Å²) >= 11 is 2.04. The van der Waals surface area contributed by atoms with Crippen molar-refractivity contribution in [2.24, 2.45) is 0 Å². The maximum atomic E-state index is 5.42. The third kappa shape index (κ3) is 3.88. The first-order valence-electron chi connectivity index (χ1n) is 4.97. The maximum Gasteiger partial charge on any atom is 0.0645 e. The van der Waals surface area contributed by atoms with Gasteiger partial charge in [-0.3, -0.25) is 0 Å². The number of thioether (sulfide) groups is 1.